The second kappa shape index (κ2) is 15.0. The molecular formula is C39H40F5N9O4. The lowest BCUT2D eigenvalue weighted by molar-refractivity contribution is -0.141. The third kappa shape index (κ3) is 7.49. The van der Waals surface area contributed by atoms with Crippen LogP contribution in [0.3, 0.4) is 0 Å². The number of aromatic nitrogens is 5. The normalized spacial score (nSPS) is 21.1. The molecule has 2 aliphatic heterocycles. The van der Waals surface area contributed by atoms with Crippen molar-refractivity contribution in [2.45, 2.75) is 63.2 Å². The molecule has 3 fully saturated rings. The molecule has 1 atom stereocenters. The number of pyridine rings is 1. The fourth-order valence-electron chi connectivity index (χ4n) is 8.52. The maximum absolute atomic E-state index is 14.1. The molecule has 300 valence electrons. The summed E-state index contributed by atoms with van der Waals surface area (Å²) in [6.45, 7) is 4.10. The average Bonchev–Trinajstić information content (AvgIpc) is 3.72. The molecule has 57 heavy (non-hydrogen) atoms. The van der Waals surface area contributed by atoms with E-state index in [1.165, 1.54) is 16.7 Å². The Morgan fingerprint density at radius 3 is 2.40 bits per heavy atom. The third-order valence-corrected chi connectivity index (χ3v) is 11.5. The van der Waals surface area contributed by atoms with Gasteiger partial charge in [0.1, 0.15) is 17.4 Å². The van der Waals surface area contributed by atoms with Crippen LogP contribution in [0.2, 0.25) is 0 Å². The lowest BCUT2D eigenvalue weighted by atomic mass is 9.85. The molecule has 13 nitrogen and oxygen atoms in total. The number of anilines is 2. The van der Waals surface area contributed by atoms with Crippen LogP contribution >= 0.6 is 0 Å². The van der Waals surface area contributed by atoms with Crippen LogP contribution < -0.4 is 21.2 Å². The summed E-state index contributed by atoms with van der Waals surface area (Å²) in [6, 6.07) is 10.4. The number of carbonyl (C=O) groups excluding carboxylic acids is 3. The van der Waals surface area contributed by atoms with Gasteiger partial charge in [-0.2, -0.15) is 18.3 Å². The number of imidazole rings is 1. The Morgan fingerprint density at radius 1 is 0.965 bits per heavy atom. The van der Waals surface area contributed by atoms with Crippen molar-refractivity contribution in [2.24, 2.45) is 13.0 Å². The molecule has 8 rings (SSSR count). The average molecular weight is 794 g/mol. The highest BCUT2D eigenvalue weighted by molar-refractivity contribution is 6.04. The van der Waals surface area contributed by atoms with Gasteiger partial charge in [0, 0.05) is 63.3 Å². The maximum Gasteiger partial charge on any atom is 0.433 e. The zero-order chi connectivity index (χ0) is 40.2. The van der Waals surface area contributed by atoms with Crippen LogP contribution in [0.15, 0.2) is 59.5 Å². The third-order valence-electron chi connectivity index (χ3n) is 11.5. The molecule has 5 heterocycles. The number of fused-ring (bicyclic) bond motifs is 2. The molecule has 3 aliphatic rings. The smallest absolute Gasteiger partial charge is 0.367 e. The second-order valence-electron chi connectivity index (χ2n) is 15.1. The number of piperazine rings is 1. The lowest BCUT2D eigenvalue weighted by Gasteiger charge is -2.39. The van der Waals surface area contributed by atoms with Crippen LogP contribution in [-0.2, 0) is 22.8 Å². The maximum atomic E-state index is 14.1. The number of alkyl halides is 5. The van der Waals surface area contributed by atoms with Gasteiger partial charge in [0.2, 0.25) is 11.8 Å². The van der Waals surface area contributed by atoms with Crippen molar-refractivity contribution in [1.29, 1.82) is 0 Å². The molecule has 1 unspecified atom stereocenters. The number of rotatable bonds is 8. The van der Waals surface area contributed by atoms with E-state index in [0.29, 0.717) is 22.3 Å². The highest BCUT2D eigenvalue weighted by Gasteiger charge is 2.34. The SMILES string of the molecule is Cn1c(=O)n(C2CCC(=O)NC2=O)c2cccc(N3CCN(C[C@H]4CC[C@H](n5cc6cc(NC(=O)c7cccc(C(F)(F)F)n7)c(C(F)F)cc6n5)CC4)CC3)c21. The summed E-state index contributed by atoms with van der Waals surface area (Å²) >= 11 is 0. The van der Waals surface area contributed by atoms with E-state index in [2.05, 4.69) is 30.5 Å². The first-order valence-corrected chi connectivity index (χ1v) is 18.9. The van der Waals surface area contributed by atoms with Crippen molar-refractivity contribution < 1.29 is 36.3 Å². The number of nitrogens with one attached hydrogen (secondary N) is 2. The molecule has 3 aromatic heterocycles. The molecule has 1 aliphatic carbocycles. The summed E-state index contributed by atoms with van der Waals surface area (Å²) in [5.41, 5.74) is -0.178. The van der Waals surface area contributed by atoms with Gasteiger partial charge in [-0.05, 0) is 74.4 Å². The monoisotopic (exact) mass is 793 g/mol. The van der Waals surface area contributed by atoms with Crippen molar-refractivity contribution >= 4 is 51.0 Å². The van der Waals surface area contributed by atoms with Gasteiger partial charge >= 0.3 is 11.9 Å². The molecule has 5 aromatic rings. The number of nitrogens with zero attached hydrogens (tertiary/aromatic N) is 7. The van der Waals surface area contributed by atoms with E-state index in [4.69, 9.17) is 0 Å². The van der Waals surface area contributed by atoms with E-state index in [1.807, 2.05) is 18.2 Å². The van der Waals surface area contributed by atoms with Gasteiger partial charge in [-0.25, -0.2) is 18.6 Å². The van der Waals surface area contributed by atoms with Crippen LogP contribution in [0.4, 0.5) is 33.3 Å². The van der Waals surface area contributed by atoms with Crippen molar-refractivity contribution in [3.63, 3.8) is 0 Å². The van der Waals surface area contributed by atoms with E-state index in [9.17, 15) is 41.1 Å². The van der Waals surface area contributed by atoms with Crippen LogP contribution in [0.25, 0.3) is 21.9 Å². The Kier molecular flexibility index (Phi) is 10.1. The van der Waals surface area contributed by atoms with Gasteiger partial charge in [-0.3, -0.25) is 38.4 Å². The molecule has 18 heteroatoms. The lowest BCUT2D eigenvalue weighted by Crippen LogP contribution is -2.48. The van der Waals surface area contributed by atoms with Crippen LogP contribution in [-0.4, -0.2) is 79.2 Å². The van der Waals surface area contributed by atoms with Gasteiger partial charge < -0.3 is 10.2 Å². The van der Waals surface area contributed by atoms with Crippen LogP contribution in [0, 0.1) is 5.92 Å². The van der Waals surface area contributed by atoms with E-state index < -0.39 is 47.4 Å². The van der Waals surface area contributed by atoms with Crippen molar-refractivity contribution in [2.75, 3.05) is 42.9 Å². The number of benzene rings is 2. The van der Waals surface area contributed by atoms with E-state index in [0.717, 1.165) is 87.8 Å². The highest BCUT2D eigenvalue weighted by atomic mass is 19.4. The van der Waals surface area contributed by atoms with Gasteiger partial charge in [0.15, 0.2) is 0 Å². The van der Waals surface area contributed by atoms with Crippen molar-refractivity contribution in [1.82, 2.24) is 34.1 Å². The Balaban J connectivity index is 0.887. The topological polar surface area (TPSA) is 139 Å². The number of aryl methyl sites for hydroxylation is 1. The van der Waals surface area contributed by atoms with Crippen molar-refractivity contribution in [3.8, 4) is 0 Å². The molecule has 0 radical (unpaired) electrons. The number of halogens is 5. The number of piperidine rings is 1. The summed E-state index contributed by atoms with van der Waals surface area (Å²) < 4.78 is 72.5. The molecule has 2 aromatic carbocycles. The largest absolute Gasteiger partial charge is 0.433 e. The molecular weight excluding hydrogens is 753 g/mol. The van der Waals surface area contributed by atoms with Crippen LogP contribution in [0.5, 0.6) is 0 Å². The number of amides is 3. The Hall–Kier alpha value is -5.65. The Bertz CT molecular complexity index is 2420. The Morgan fingerprint density at radius 2 is 1.70 bits per heavy atom. The second-order valence-corrected chi connectivity index (χ2v) is 15.1. The molecule has 2 saturated heterocycles. The predicted molar refractivity (Wildman–Crippen MR) is 200 cm³/mol. The standard InChI is InChI=1S/C39H40F5N9O4/c1-49-34-29(5-3-6-30(34)53(38(49)57)31-12-13-33(54)47-37(31)56)51-16-14-50(15-17-51)20-22-8-10-24(11-9-22)52-21-23-18-28(25(35(40)41)19-27(23)48-52)46-36(55)26-4-2-7-32(45-26)39(42,43)44/h2-7,18-19,21-22,24,31,35H,8-17,20H2,1H3,(H,46,55)(H,47,54,56)/t22-,24-,31?. The van der Waals surface area contributed by atoms with Crippen molar-refractivity contribution in [3.05, 3.63) is 82.2 Å². The molecule has 0 bridgehead atoms. The number of hydrogen-bond donors (Lipinski definition) is 2. The molecule has 1 saturated carbocycles. The number of para-hydroxylation sites is 1. The zero-order valence-corrected chi connectivity index (χ0v) is 30.9. The van der Waals surface area contributed by atoms with Gasteiger partial charge in [-0.1, -0.05) is 12.1 Å². The molecule has 0 spiro atoms. The quantitative estimate of drug-likeness (QED) is 0.148. The van der Waals surface area contributed by atoms with Crippen LogP contribution in [0.1, 0.15) is 78.8 Å². The first-order chi connectivity index (χ1) is 27.2. The Labute approximate surface area is 322 Å². The van der Waals surface area contributed by atoms with Gasteiger partial charge in [-0.15, -0.1) is 0 Å². The molecule has 3 amide bonds. The minimum Gasteiger partial charge on any atom is -0.367 e. The predicted octanol–water partition coefficient (Wildman–Crippen LogP) is 5.82. The minimum atomic E-state index is -4.77. The van der Waals surface area contributed by atoms with Gasteiger partial charge in [0.05, 0.1) is 34.0 Å². The van der Waals surface area contributed by atoms with E-state index in [-0.39, 0.29) is 36.2 Å². The first kappa shape index (κ1) is 38.2. The van der Waals surface area contributed by atoms with Gasteiger partial charge in [0.25, 0.3) is 12.3 Å². The highest BCUT2D eigenvalue weighted by Crippen LogP contribution is 2.37. The minimum absolute atomic E-state index is 0.0486. The molecule has 2 N–H and O–H groups in total. The first-order valence-electron chi connectivity index (χ1n) is 18.9. The summed E-state index contributed by atoms with van der Waals surface area (Å²) in [5.74, 6) is -1.38. The summed E-state index contributed by atoms with van der Waals surface area (Å²) in [5, 5.41) is 9.79. The number of hydrogen-bond acceptors (Lipinski definition) is 8. The number of carbonyl (C=O) groups is 3. The summed E-state index contributed by atoms with van der Waals surface area (Å²) in [7, 11) is 1.71. The summed E-state index contributed by atoms with van der Waals surface area (Å²) in [6.07, 6.45) is -1.98. The summed E-state index contributed by atoms with van der Waals surface area (Å²) in [4.78, 5) is 58.7. The van der Waals surface area contributed by atoms with E-state index in [1.54, 1.807) is 22.5 Å². The fourth-order valence-corrected chi connectivity index (χ4v) is 8.52. The number of imide groups is 1. The zero-order valence-electron chi connectivity index (χ0n) is 30.9. The van der Waals surface area contributed by atoms with E-state index >= 15 is 0 Å². The fraction of sp³-hybridized carbons (Fsp3) is 0.436.